The van der Waals surface area contributed by atoms with E-state index in [1.54, 1.807) is 18.5 Å². The number of alkyl halides is 1. The number of pyridine rings is 1. The van der Waals surface area contributed by atoms with Gasteiger partial charge in [0.2, 0.25) is 5.95 Å². The van der Waals surface area contributed by atoms with Gasteiger partial charge >= 0.3 is 0 Å². The van der Waals surface area contributed by atoms with Crippen molar-refractivity contribution in [1.29, 1.82) is 0 Å². The molecule has 0 aliphatic carbocycles. The Morgan fingerprint density at radius 1 is 1.19 bits per heavy atom. The predicted molar refractivity (Wildman–Crippen MR) is 141 cm³/mol. The maximum atomic E-state index is 14.4. The highest BCUT2D eigenvalue weighted by Crippen LogP contribution is 2.34. The number of aromatic nitrogens is 5. The standard InChI is InChI=1S/C24H33FN8O3S/c1-15(2)33-19-9-22(27-10-17(19)23(30-33)32-11-16(12-32)14-37(4,34)35)28-21-5-7-26-24(29-21)31-8-6-20(36-3)18(25)13-31/h5,7,9-10,15-16,18,20H,6,8,11-14H2,1-4H3,(H,26,27,28,29)/t18-,20+/m0/s1. The van der Waals surface area contributed by atoms with Crippen molar-refractivity contribution < 1.29 is 17.5 Å². The van der Waals surface area contributed by atoms with Gasteiger partial charge in [-0.2, -0.15) is 10.1 Å². The summed E-state index contributed by atoms with van der Waals surface area (Å²) in [6.07, 6.45) is 3.79. The summed E-state index contributed by atoms with van der Waals surface area (Å²) in [5.74, 6) is 2.74. The Morgan fingerprint density at radius 2 is 1.97 bits per heavy atom. The predicted octanol–water partition coefficient (Wildman–Crippen LogP) is 2.59. The molecule has 0 aromatic carbocycles. The summed E-state index contributed by atoms with van der Waals surface area (Å²) in [5.41, 5.74) is 0.922. The number of nitrogens with zero attached hydrogens (tertiary/aromatic N) is 7. The zero-order valence-electron chi connectivity index (χ0n) is 21.5. The molecule has 2 aliphatic heterocycles. The molecule has 13 heteroatoms. The van der Waals surface area contributed by atoms with Crippen molar-refractivity contribution in [2.45, 2.75) is 38.6 Å². The van der Waals surface area contributed by atoms with Crippen LogP contribution in [0.4, 0.5) is 27.8 Å². The second kappa shape index (κ2) is 10.0. The summed E-state index contributed by atoms with van der Waals surface area (Å²) >= 11 is 0. The fraction of sp³-hybridized carbons (Fsp3) is 0.583. The average molecular weight is 533 g/mol. The second-order valence-electron chi connectivity index (χ2n) is 10.2. The van der Waals surface area contributed by atoms with E-state index >= 15 is 0 Å². The van der Waals surface area contributed by atoms with Gasteiger partial charge in [-0.25, -0.2) is 22.8 Å². The van der Waals surface area contributed by atoms with Gasteiger partial charge < -0.3 is 19.9 Å². The van der Waals surface area contributed by atoms with Gasteiger partial charge in [-0.05, 0) is 26.3 Å². The van der Waals surface area contributed by atoms with Crippen LogP contribution in [0.1, 0.15) is 26.3 Å². The molecule has 3 aromatic rings. The molecule has 2 saturated heterocycles. The number of fused-ring (bicyclic) bond motifs is 1. The first kappa shape index (κ1) is 25.6. The summed E-state index contributed by atoms with van der Waals surface area (Å²) in [6, 6.07) is 3.80. The van der Waals surface area contributed by atoms with E-state index in [4.69, 9.17) is 9.84 Å². The topological polar surface area (TPSA) is 118 Å². The van der Waals surface area contributed by atoms with E-state index in [-0.39, 0.29) is 24.3 Å². The molecular weight excluding hydrogens is 499 g/mol. The SMILES string of the molecule is CO[C@@H]1CCN(c2nccc(Nc3cc4c(cn3)c(N3CC(CS(C)(=O)=O)C3)nn4C(C)C)n2)C[C@@H]1F. The van der Waals surface area contributed by atoms with Crippen LogP contribution < -0.4 is 15.1 Å². The van der Waals surface area contributed by atoms with Gasteiger partial charge in [0.25, 0.3) is 0 Å². The molecule has 37 heavy (non-hydrogen) atoms. The minimum absolute atomic E-state index is 0.114. The van der Waals surface area contributed by atoms with Crippen LogP contribution in [0.25, 0.3) is 10.9 Å². The number of nitrogens with one attached hydrogen (secondary N) is 1. The lowest BCUT2D eigenvalue weighted by Crippen LogP contribution is -2.49. The normalized spacial score (nSPS) is 21.0. The monoisotopic (exact) mass is 532 g/mol. The largest absolute Gasteiger partial charge is 0.378 e. The van der Waals surface area contributed by atoms with Crippen LogP contribution in [-0.4, -0.2) is 90.7 Å². The maximum absolute atomic E-state index is 14.4. The number of rotatable bonds is 8. The first-order valence-electron chi connectivity index (χ1n) is 12.4. The molecule has 0 bridgehead atoms. The Morgan fingerprint density at radius 3 is 2.65 bits per heavy atom. The van der Waals surface area contributed by atoms with Gasteiger partial charge in [0.05, 0.1) is 29.3 Å². The van der Waals surface area contributed by atoms with Crippen molar-refractivity contribution in [3.05, 3.63) is 24.5 Å². The Kier molecular flexibility index (Phi) is 6.92. The van der Waals surface area contributed by atoms with Crippen LogP contribution in [-0.2, 0) is 14.6 Å². The van der Waals surface area contributed by atoms with E-state index in [2.05, 4.69) is 39.0 Å². The quantitative estimate of drug-likeness (QED) is 0.464. The lowest BCUT2D eigenvalue weighted by atomic mass is 10.0. The van der Waals surface area contributed by atoms with Crippen LogP contribution in [0.5, 0.6) is 0 Å². The van der Waals surface area contributed by atoms with Gasteiger partial charge in [-0.3, -0.25) is 4.68 Å². The number of ether oxygens (including phenoxy) is 1. The number of methoxy groups -OCH3 is 1. The van der Waals surface area contributed by atoms with E-state index in [1.807, 2.05) is 15.6 Å². The van der Waals surface area contributed by atoms with Crippen molar-refractivity contribution in [3.8, 4) is 0 Å². The summed E-state index contributed by atoms with van der Waals surface area (Å²) < 4.78 is 44.8. The van der Waals surface area contributed by atoms with Crippen LogP contribution in [0.3, 0.4) is 0 Å². The van der Waals surface area contributed by atoms with E-state index in [0.29, 0.717) is 43.6 Å². The second-order valence-corrected chi connectivity index (χ2v) is 12.4. The molecule has 2 fully saturated rings. The Balaban J connectivity index is 1.35. The fourth-order valence-corrected chi connectivity index (χ4v) is 6.09. The smallest absolute Gasteiger partial charge is 0.227 e. The molecule has 11 nitrogen and oxygen atoms in total. The number of sulfone groups is 1. The van der Waals surface area contributed by atoms with Gasteiger partial charge in [0, 0.05) is 63.4 Å². The third-order valence-corrected chi connectivity index (χ3v) is 7.90. The number of hydrogen-bond acceptors (Lipinski definition) is 10. The molecule has 200 valence electrons. The summed E-state index contributed by atoms with van der Waals surface area (Å²) in [5, 5.41) is 8.99. The van der Waals surface area contributed by atoms with Crippen molar-refractivity contribution in [1.82, 2.24) is 24.7 Å². The first-order chi connectivity index (χ1) is 17.6. The molecule has 5 heterocycles. The lowest BCUT2D eigenvalue weighted by Gasteiger charge is -2.39. The van der Waals surface area contributed by atoms with Crippen molar-refractivity contribution >= 4 is 44.1 Å². The summed E-state index contributed by atoms with van der Waals surface area (Å²) in [4.78, 5) is 17.4. The molecule has 0 spiro atoms. The maximum Gasteiger partial charge on any atom is 0.227 e. The van der Waals surface area contributed by atoms with Crippen LogP contribution in [0.2, 0.25) is 0 Å². The molecule has 0 saturated carbocycles. The molecule has 5 rings (SSSR count). The zero-order valence-corrected chi connectivity index (χ0v) is 22.3. The van der Waals surface area contributed by atoms with E-state index in [1.165, 1.54) is 13.4 Å². The number of halogens is 1. The van der Waals surface area contributed by atoms with Gasteiger partial charge in [-0.15, -0.1) is 0 Å². The highest BCUT2D eigenvalue weighted by atomic mass is 32.2. The van der Waals surface area contributed by atoms with Gasteiger partial charge in [0.15, 0.2) is 5.82 Å². The minimum Gasteiger partial charge on any atom is -0.378 e. The molecule has 2 aliphatic rings. The highest BCUT2D eigenvalue weighted by molar-refractivity contribution is 7.90. The van der Waals surface area contributed by atoms with E-state index < -0.39 is 22.1 Å². The zero-order chi connectivity index (χ0) is 26.3. The minimum atomic E-state index is -3.00. The number of hydrogen-bond donors (Lipinski definition) is 1. The van der Waals surface area contributed by atoms with Crippen LogP contribution in [0, 0.1) is 5.92 Å². The third kappa shape index (κ3) is 5.47. The Labute approximate surface area is 216 Å². The lowest BCUT2D eigenvalue weighted by molar-refractivity contribution is 0.0194. The van der Waals surface area contributed by atoms with Crippen LogP contribution in [0.15, 0.2) is 24.5 Å². The molecule has 0 amide bonds. The Hall–Kier alpha value is -3.06. The van der Waals surface area contributed by atoms with Gasteiger partial charge in [-0.1, -0.05) is 0 Å². The molecule has 0 radical (unpaired) electrons. The summed E-state index contributed by atoms with van der Waals surface area (Å²) in [7, 11) is -1.47. The fourth-order valence-electron chi connectivity index (χ4n) is 5.02. The van der Waals surface area contributed by atoms with Crippen molar-refractivity contribution in [2.75, 3.05) is 60.4 Å². The van der Waals surface area contributed by atoms with Crippen LogP contribution >= 0.6 is 0 Å². The summed E-state index contributed by atoms with van der Waals surface area (Å²) in [6.45, 7) is 6.24. The molecule has 2 atom stereocenters. The molecule has 3 aromatic heterocycles. The molecular formula is C24H33FN8O3S. The number of anilines is 4. The number of piperidine rings is 1. The average Bonchev–Trinajstić information content (AvgIpc) is 3.19. The molecule has 0 unspecified atom stereocenters. The first-order valence-corrected chi connectivity index (χ1v) is 14.5. The Bertz CT molecular complexity index is 1380. The van der Waals surface area contributed by atoms with Crippen molar-refractivity contribution in [2.24, 2.45) is 5.92 Å². The van der Waals surface area contributed by atoms with E-state index in [9.17, 15) is 12.8 Å². The third-order valence-electron chi connectivity index (χ3n) is 6.82. The van der Waals surface area contributed by atoms with Crippen molar-refractivity contribution in [3.63, 3.8) is 0 Å². The van der Waals surface area contributed by atoms with Gasteiger partial charge in [0.1, 0.15) is 27.6 Å². The highest BCUT2D eigenvalue weighted by Gasteiger charge is 2.33. The molecule has 1 N–H and O–H groups in total. The van der Waals surface area contributed by atoms with E-state index in [0.717, 1.165) is 16.7 Å².